The molecule has 0 aliphatic heterocycles. The molecule has 0 bridgehead atoms. The summed E-state index contributed by atoms with van der Waals surface area (Å²) in [5.41, 5.74) is 4.58. The summed E-state index contributed by atoms with van der Waals surface area (Å²) >= 11 is 10.1. The van der Waals surface area contributed by atoms with Gasteiger partial charge in [-0.1, -0.05) is 34.1 Å². The second kappa shape index (κ2) is 8.02. The third-order valence-corrected chi connectivity index (χ3v) is 4.00. The zero-order valence-electron chi connectivity index (χ0n) is 11.0. The Morgan fingerprint density at radius 1 is 1.52 bits per heavy atom. The molecule has 2 rings (SSSR count). The number of thiazole rings is 1. The van der Waals surface area contributed by atoms with Gasteiger partial charge in [-0.25, -0.2) is 4.98 Å². The van der Waals surface area contributed by atoms with Crippen LogP contribution in [0.2, 0.25) is 0 Å². The van der Waals surface area contributed by atoms with Crippen LogP contribution < -0.4 is 10.7 Å². The topological polar surface area (TPSA) is 49.3 Å². The fourth-order valence-corrected chi connectivity index (χ4v) is 2.76. The smallest absolute Gasteiger partial charge is 0.187 e. The van der Waals surface area contributed by atoms with Crippen molar-refractivity contribution in [1.29, 1.82) is 0 Å². The molecule has 1 heterocycles. The van der Waals surface area contributed by atoms with Crippen molar-refractivity contribution in [3.8, 4) is 10.6 Å². The first-order valence-corrected chi connectivity index (χ1v) is 8.16. The number of nitrogens with zero attached hydrogens (tertiary/aromatic N) is 2. The van der Waals surface area contributed by atoms with Crippen molar-refractivity contribution in [3.05, 3.63) is 52.5 Å². The van der Waals surface area contributed by atoms with Crippen LogP contribution in [-0.2, 0) is 0 Å². The minimum absolute atomic E-state index is 0.452. The maximum Gasteiger partial charge on any atom is 0.187 e. The Labute approximate surface area is 141 Å². The molecule has 0 aliphatic rings. The van der Waals surface area contributed by atoms with E-state index in [1.807, 2.05) is 29.6 Å². The standard InChI is InChI=1S/C14H13BrN4S2/c1-2-6-16-14(20)19-17-8-12-9-21-13(18-12)10-4-3-5-11(15)7-10/h2-5,7-9H,1,6H2,(H2,16,19,20)/b17-8-. The third kappa shape index (κ3) is 5.04. The number of halogens is 1. The number of thiocarbonyl (C=S) groups is 1. The first-order valence-electron chi connectivity index (χ1n) is 6.08. The van der Waals surface area contributed by atoms with Gasteiger partial charge in [-0.05, 0) is 24.4 Å². The van der Waals surface area contributed by atoms with E-state index in [9.17, 15) is 0 Å². The summed E-state index contributed by atoms with van der Waals surface area (Å²) in [4.78, 5) is 4.51. The van der Waals surface area contributed by atoms with E-state index in [-0.39, 0.29) is 0 Å². The van der Waals surface area contributed by atoms with Crippen LogP contribution >= 0.6 is 39.5 Å². The Balaban J connectivity index is 1.97. The fourth-order valence-electron chi connectivity index (χ4n) is 1.46. The lowest BCUT2D eigenvalue weighted by Crippen LogP contribution is -2.31. The summed E-state index contributed by atoms with van der Waals surface area (Å²) in [6.45, 7) is 4.20. The minimum Gasteiger partial charge on any atom is -0.358 e. The van der Waals surface area contributed by atoms with E-state index < -0.39 is 0 Å². The van der Waals surface area contributed by atoms with E-state index in [1.54, 1.807) is 23.6 Å². The average molecular weight is 381 g/mol. The minimum atomic E-state index is 0.452. The summed E-state index contributed by atoms with van der Waals surface area (Å²) < 4.78 is 1.03. The molecule has 0 saturated heterocycles. The van der Waals surface area contributed by atoms with Crippen LogP contribution in [0.3, 0.4) is 0 Å². The molecule has 0 fully saturated rings. The molecule has 0 radical (unpaired) electrons. The summed E-state index contributed by atoms with van der Waals surface area (Å²) in [5.74, 6) is 0. The summed E-state index contributed by atoms with van der Waals surface area (Å²) in [7, 11) is 0. The number of rotatable bonds is 5. The van der Waals surface area contributed by atoms with E-state index in [0.29, 0.717) is 11.7 Å². The SMILES string of the molecule is C=CCNC(=S)N/N=C\c1csc(-c2cccc(Br)c2)n1. The molecule has 1 aromatic heterocycles. The fraction of sp³-hybridized carbons (Fsp3) is 0.0714. The highest BCUT2D eigenvalue weighted by Gasteiger charge is 2.03. The largest absolute Gasteiger partial charge is 0.358 e. The Morgan fingerprint density at radius 2 is 2.38 bits per heavy atom. The van der Waals surface area contributed by atoms with Gasteiger partial charge in [-0.2, -0.15) is 5.10 Å². The van der Waals surface area contributed by atoms with Gasteiger partial charge in [0.25, 0.3) is 0 Å². The Kier molecular flexibility index (Phi) is 6.04. The first-order chi connectivity index (χ1) is 10.2. The van der Waals surface area contributed by atoms with Crippen molar-refractivity contribution in [1.82, 2.24) is 15.7 Å². The molecule has 0 atom stereocenters. The number of aromatic nitrogens is 1. The second-order valence-electron chi connectivity index (χ2n) is 3.96. The zero-order valence-corrected chi connectivity index (χ0v) is 14.3. The van der Waals surface area contributed by atoms with Crippen LogP contribution in [0.25, 0.3) is 10.6 Å². The van der Waals surface area contributed by atoms with Crippen molar-refractivity contribution in [3.63, 3.8) is 0 Å². The van der Waals surface area contributed by atoms with Gasteiger partial charge in [0.15, 0.2) is 5.11 Å². The highest BCUT2D eigenvalue weighted by atomic mass is 79.9. The van der Waals surface area contributed by atoms with Crippen LogP contribution in [0.4, 0.5) is 0 Å². The van der Waals surface area contributed by atoms with E-state index in [1.165, 1.54) is 0 Å². The van der Waals surface area contributed by atoms with Crippen LogP contribution in [0.1, 0.15) is 5.69 Å². The first kappa shape index (κ1) is 15.8. The molecule has 1 aromatic carbocycles. The predicted octanol–water partition coefficient (Wildman–Crippen LogP) is 3.56. The van der Waals surface area contributed by atoms with Crippen LogP contribution in [0.5, 0.6) is 0 Å². The molecule has 0 amide bonds. The summed E-state index contributed by atoms with van der Waals surface area (Å²) in [6, 6.07) is 8.03. The van der Waals surface area contributed by atoms with Gasteiger partial charge in [0.2, 0.25) is 0 Å². The summed E-state index contributed by atoms with van der Waals surface area (Å²) in [6.07, 6.45) is 3.36. The molecule has 4 nitrogen and oxygen atoms in total. The number of hydrogen-bond acceptors (Lipinski definition) is 4. The lowest BCUT2D eigenvalue weighted by atomic mass is 10.2. The molecular weight excluding hydrogens is 368 g/mol. The van der Waals surface area contributed by atoms with Gasteiger partial charge in [0.05, 0.1) is 11.9 Å². The van der Waals surface area contributed by atoms with Crippen LogP contribution in [0.15, 0.2) is 51.9 Å². The van der Waals surface area contributed by atoms with E-state index in [4.69, 9.17) is 12.2 Å². The van der Waals surface area contributed by atoms with Crippen molar-refractivity contribution < 1.29 is 0 Å². The molecule has 0 spiro atoms. The number of hydrazone groups is 1. The molecular formula is C14H13BrN4S2. The maximum atomic E-state index is 5.02. The van der Waals surface area contributed by atoms with Crippen molar-refractivity contribution in [2.75, 3.05) is 6.54 Å². The zero-order chi connectivity index (χ0) is 15.1. The van der Waals surface area contributed by atoms with Gasteiger partial charge in [-0.3, -0.25) is 5.43 Å². The van der Waals surface area contributed by atoms with Gasteiger partial charge >= 0.3 is 0 Å². The van der Waals surface area contributed by atoms with Crippen LogP contribution in [0, 0.1) is 0 Å². The van der Waals surface area contributed by atoms with Crippen molar-refractivity contribution >= 4 is 50.8 Å². The Morgan fingerprint density at radius 3 is 3.14 bits per heavy atom. The Bertz CT molecular complexity index is 666. The molecule has 7 heteroatoms. The molecule has 2 aromatic rings. The molecule has 0 saturated carbocycles. The highest BCUT2D eigenvalue weighted by Crippen LogP contribution is 2.25. The normalized spacial score (nSPS) is 10.5. The van der Waals surface area contributed by atoms with Crippen molar-refractivity contribution in [2.45, 2.75) is 0 Å². The molecule has 0 unspecified atom stereocenters. The molecule has 21 heavy (non-hydrogen) atoms. The number of benzene rings is 1. The van der Waals surface area contributed by atoms with E-state index in [2.05, 4.69) is 43.3 Å². The second-order valence-corrected chi connectivity index (χ2v) is 6.14. The quantitative estimate of drug-likeness (QED) is 0.360. The maximum absolute atomic E-state index is 5.02. The monoisotopic (exact) mass is 380 g/mol. The van der Waals surface area contributed by atoms with Gasteiger partial charge in [0.1, 0.15) is 5.01 Å². The van der Waals surface area contributed by atoms with Gasteiger partial charge in [0, 0.05) is 22.0 Å². The number of hydrogen-bond donors (Lipinski definition) is 2. The average Bonchev–Trinajstić information content (AvgIpc) is 2.94. The van der Waals surface area contributed by atoms with E-state index in [0.717, 1.165) is 20.7 Å². The van der Waals surface area contributed by atoms with Crippen molar-refractivity contribution in [2.24, 2.45) is 5.10 Å². The van der Waals surface area contributed by atoms with E-state index >= 15 is 0 Å². The van der Waals surface area contributed by atoms with Gasteiger partial charge in [-0.15, -0.1) is 17.9 Å². The third-order valence-electron chi connectivity index (χ3n) is 2.36. The highest BCUT2D eigenvalue weighted by molar-refractivity contribution is 9.10. The molecule has 2 N–H and O–H groups in total. The molecule has 108 valence electrons. The van der Waals surface area contributed by atoms with Crippen LogP contribution in [-0.4, -0.2) is 22.9 Å². The number of nitrogens with one attached hydrogen (secondary N) is 2. The summed E-state index contributed by atoms with van der Waals surface area (Å²) in [5, 5.41) is 10.3. The van der Waals surface area contributed by atoms with Gasteiger partial charge < -0.3 is 5.32 Å². The lowest BCUT2D eigenvalue weighted by Gasteiger charge is -2.02. The molecule has 0 aliphatic carbocycles. The Hall–Kier alpha value is -1.57. The predicted molar refractivity (Wildman–Crippen MR) is 96.8 cm³/mol. The lowest BCUT2D eigenvalue weighted by molar-refractivity contribution is 0.941.